The molecule has 0 radical (unpaired) electrons. The second-order valence-electron chi connectivity index (χ2n) is 6.70. The lowest BCUT2D eigenvalue weighted by Crippen LogP contribution is -2.28. The summed E-state index contributed by atoms with van der Waals surface area (Å²) in [5, 5.41) is 9.42. The minimum Gasteiger partial charge on any atom is -0.321 e. The summed E-state index contributed by atoms with van der Waals surface area (Å²) in [6.45, 7) is 0.401. The van der Waals surface area contributed by atoms with E-state index in [1.165, 1.54) is 12.1 Å². The number of hydrogen-bond donors (Lipinski definition) is 1. The molecule has 0 fully saturated rings. The van der Waals surface area contributed by atoms with Crippen LogP contribution in [0.4, 0.5) is 4.39 Å². The predicted molar refractivity (Wildman–Crippen MR) is 106 cm³/mol. The molecule has 5 rings (SSSR count). The van der Waals surface area contributed by atoms with Gasteiger partial charge in [-0.05, 0) is 29.1 Å². The molecule has 0 aliphatic carbocycles. The summed E-state index contributed by atoms with van der Waals surface area (Å²) >= 11 is 1.61. The lowest BCUT2D eigenvalue weighted by molar-refractivity contribution is 0.0732. The largest absolute Gasteiger partial charge is 0.321 e. The number of carbonyl (C=O) groups is 1. The monoisotopic (exact) mass is 389 g/mol. The first-order chi connectivity index (χ1) is 13.7. The van der Waals surface area contributed by atoms with Crippen molar-refractivity contribution in [3.63, 3.8) is 0 Å². The van der Waals surface area contributed by atoms with E-state index < -0.39 is 0 Å². The number of rotatable bonds is 4. The number of nitrogens with one attached hydrogen (secondary N) is 1. The second-order valence-corrected chi connectivity index (χ2v) is 7.68. The van der Waals surface area contributed by atoms with Crippen molar-refractivity contribution in [3.05, 3.63) is 99.6 Å². The molecule has 1 amide bonds. The normalized spacial score (nSPS) is 15.8. The second kappa shape index (κ2) is 6.73. The number of thiophene rings is 1. The van der Waals surface area contributed by atoms with Crippen LogP contribution in [0.25, 0.3) is 11.3 Å². The van der Waals surface area contributed by atoms with Gasteiger partial charge in [0.25, 0.3) is 5.91 Å². The average molecular weight is 389 g/mol. The van der Waals surface area contributed by atoms with Crippen LogP contribution < -0.4 is 0 Å². The molecule has 0 spiro atoms. The van der Waals surface area contributed by atoms with Gasteiger partial charge in [0, 0.05) is 22.5 Å². The maximum Gasteiger partial charge on any atom is 0.273 e. The number of benzene rings is 2. The van der Waals surface area contributed by atoms with Gasteiger partial charge in [-0.1, -0.05) is 48.5 Å². The molecule has 2 aromatic heterocycles. The van der Waals surface area contributed by atoms with Crippen molar-refractivity contribution in [1.82, 2.24) is 15.1 Å². The van der Waals surface area contributed by atoms with Crippen molar-refractivity contribution in [3.8, 4) is 11.3 Å². The Kier molecular flexibility index (Phi) is 4.06. The van der Waals surface area contributed by atoms with E-state index in [0.29, 0.717) is 12.2 Å². The number of nitrogens with zero attached hydrogens (tertiary/aromatic N) is 2. The zero-order chi connectivity index (χ0) is 19.1. The molecule has 1 unspecified atom stereocenters. The van der Waals surface area contributed by atoms with Crippen LogP contribution in [0.5, 0.6) is 0 Å². The maximum atomic E-state index is 13.3. The van der Waals surface area contributed by atoms with Crippen molar-refractivity contribution in [2.45, 2.75) is 12.6 Å². The molecule has 6 heteroatoms. The molecular formula is C22H16FN3OS. The Hall–Kier alpha value is -3.25. The summed E-state index contributed by atoms with van der Waals surface area (Å²) < 4.78 is 13.3. The summed E-state index contributed by atoms with van der Waals surface area (Å²) in [5.74, 6) is -0.375. The fourth-order valence-electron chi connectivity index (χ4n) is 3.70. The van der Waals surface area contributed by atoms with Gasteiger partial charge in [-0.3, -0.25) is 9.89 Å². The van der Waals surface area contributed by atoms with Gasteiger partial charge < -0.3 is 4.90 Å². The quantitative estimate of drug-likeness (QED) is 0.533. The number of aromatic nitrogens is 2. The molecule has 0 saturated carbocycles. The zero-order valence-electron chi connectivity index (χ0n) is 14.8. The third-order valence-corrected chi connectivity index (χ3v) is 5.91. The molecule has 0 saturated heterocycles. The minimum absolute atomic E-state index is 0.0904. The van der Waals surface area contributed by atoms with Crippen LogP contribution in [0.1, 0.15) is 32.5 Å². The molecule has 0 bridgehead atoms. The summed E-state index contributed by atoms with van der Waals surface area (Å²) in [6, 6.07) is 20.0. The molecule has 4 aromatic rings. The molecule has 28 heavy (non-hydrogen) atoms. The third-order valence-electron chi connectivity index (χ3n) is 4.99. The molecule has 3 heterocycles. The van der Waals surface area contributed by atoms with Gasteiger partial charge in [0.05, 0.1) is 11.7 Å². The third kappa shape index (κ3) is 2.73. The Morgan fingerprint density at radius 1 is 1.04 bits per heavy atom. The number of carbonyl (C=O) groups excluding carboxylic acids is 1. The lowest BCUT2D eigenvalue weighted by Gasteiger charge is -2.25. The molecule has 1 N–H and O–H groups in total. The van der Waals surface area contributed by atoms with Gasteiger partial charge in [0.1, 0.15) is 11.5 Å². The molecule has 1 atom stereocenters. The van der Waals surface area contributed by atoms with E-state index in [1.54, 1.807) is 23.5 Å². The van der Waals surface area contributed by atoms with Crippen LogP contribution in [-0.4, -0.2) is 21.0 Å². The number of H-pyrrole nitrogens is 1. The first kappa shape index (κ1) is 16.9. The smallest absolute Gasteiger partial charge is 0.273 e. The lowest BCUT2D eigenvalue weighted by atomic mass is 10.0. The van der Waals surface area contributed by atoms with Crippen LogP contribution in [-0.2, 0) is 6.54 Å². The zero-order valence-corrected chi connectivity index (χ0v) is 15.6. The highest BCUT2D eigenvalue weighted by Gasteiger charge is 2.42. The highest BCUT2D eigenvalue weighted by atomic mass is 32.1. The number of halogens is 1. The van der Waals surface area contributed by atoms with Crippen molar-refractivity contribution < 1.29 is 9.18 Å². The summed E-state index contributed by atoms with van der Waals surface area (Å²) in [7, 11) is 0. The Bertz CT molecular complexity index is 1120. The van der Waals surface area contributed by atoms with E-state index in [9.17, 15) is 9.18 Å². The molecule has 2 aromatic carbocycles. The Labute approximate surface area is 165 Å². The van der Waals surface area contributed by atoms with Gasteiger partial charge in [-0.25, -0.2) is 4.39 Å². The van der Waals surface area contributed by atoms with Gasteiger partial charge >= 0.3 is 0 Å². The summed E-state index contributed by atoms with van der Waals surface area (Å²) in [5.41, 5.74) is 4.08. The summed E-state index contributed by atoms with van der Waals surface area (Å²) in [4.78, 5) is 16.1. The Balaban J connectivity index is 1.61. The standard InChI is InChI=1S/C22H16FN3OS/c23-16-10-8-14(9-11-16)13-26-21(17-7-4-12-28-17)18-19(15-5-2-1-3-6-15)24-25-20(18)22(26)27/h1-12,21H,13H2,(H,24,25). The topological polar surface area (TPSA) is 49.0 Å². The van der Waals surface area contributed by atoms with E-state index in [4.69, 9.17) is 0 Å². The Morgan fingerprint density at radius 2 is 1.82 bits per heavy atom. The molecule has 1 aliphatic heterocycles. The number of aromatic amines is 1. The van der Waals surface area contributed by atoms with Crippen molar-refractivity contribution in [2.24, 2.45) is 0 Å². The highest BCUT2D eigenvalue weighted by molar-refractivity contribution is 7.10. The fourth-order valence-corrected chi connectivity index (χ4v) is 4.55. The van der Waals surface area contributed by atoms with E-state index in [2.05, 4.69) is 10.2 Å². The van der Waals surface area contributed by atoms with Crippen LogP contribution in [0.2, 0.25) is 0 Å². The minimum atomic E-state index is -0.285. The van der Waals surface area contributed by atoms with Crippen molar-refractivity contribution >= 4 is 17.2 Å². The van der Waals surface area contributed by atoms with Crippen LogP contribution in [0.3, 0.4) is 0 Å². The molecule has 138 valence electrons. The van der Waals surface area contributed by atoms with Crippen LogP contribution >= 0.6 is 11.3 Å². The van der Waals surface area contributed by atoms with Crippen molar-refractivity contribution in [2.75, 3.05) is 0 Å². The molecule has 4 nitrogen and oxygen atoms in total. The average Bonchev–Trinajstić information content (AvgIpc) is 3.44. The Morgan fingerprint density at radius 3 is 2.54 bits per heavy atom. The van der Waals surface area contributed by atoms with Gasteiger partial charge in [0.2, 0.25) is 0 Å². The van der Waals surface area contributed by atoms with E-state index in [1.807, 2.05) is 52.7 Å². The van der Waals surface area contributed by atoms with Gasteiger partial charge in [-0.15, -0.1) is 11.3 Å². The first-order valence-corrected chi connectivity index (χ1v) is 9.83. The van der Waals surface area contributed by atoms with Crippen molar-refractivity contribution in [1.29, 1.82) is 0 Å². The van der Waals surface area contributed by atoms with E-state index in [-0.39, 0.29) is 17.8 Å². The van der Waals surface area contributed by atoms with Gasteiger partial charge in [0.15, 0.2) is 0 Å². The summed E-state index contributed by atoms with van der Waals surface area (Å²) in [6.07, 6.45) is 0. The van der Waals surface area contributed by atoms with E-state index >= 15 is 0 Å². The van der Waals surface area contributed by atoms with Crippen LogP contribution in [0, 0.1) is 5.82 Å². The highest BCUT2D eigenvalue weighted by Crippen LogP contribution is 2.44. The SMILES string of the molecule is O=C1c2[nH]nc(-c3ccccc3)c2C(c2cccs2)N1Cc1ccc(F)cc1. The number of fused-ring (bicyclic) bond motifs is 1. The van der Waals surface area contributed by atoms with Crippen LogP contribution in [0.15, 0.2) is 72.1 Å². The predicted octanol–water partition coefficient (Wildman–Crippen LogP) is 5.02. The number of hydrogen-bond acceptors (Lipinski definition) is 3. The fraction of sp³-hybridized carbons (Fsp3) is 0.0909. The van der Waals surface area contributed by atoms with E-state index in [0.717, 1.165) is 27.3 Å². The van der Waals surface area contributed by atoms with Gasteiger partial charge in [-0.2, -0.15) is 5.10 Å². The maximum absolute atomic E-state index is 13.3. The number of amides is 1. The molecular weight excluding hydrogens is 373 g/mol. The molecule has 1 aliphatic rings. The first-order valence-electron chi connectivity index (χ1n) is 8.95.